The number of thiazole rings is 2. The van der Waals surface area contributed by atoms with Crippen LogP contribution < -0.4 is 5.32 Å². The molecule has 1 N–H and O–H groups in total. The van der Waals surface area contributed by atoms with Crippen LogP contribution in [-0.4, -0.2) is 15.9 Å². The molecule has 130 valence electrons. The van der Waals surface area contributed by atoms with E-state index in [-0.39, 0.29) is 5.91 Å². The highest BCUT2D eigenvalue weighted by molar-refractivity contribution is 7.18. The van der Waals surface area contributed by atoms with E-state index in [1.165, 1.54) is 34.5 Å². The molecule has 2 heterocycles. The van der Waals surface area contributed by atoms with Crippen molar-refractivity contribution in [2.24, 2.45) is 0 Å². The number of carbonyl (C=O) groups is 1. The van der Waals surface area contributed by atoms with Crippen LogP contribution in [-0.2, 0) is 24.1 Å². The summed E-state index contributed by atoms with van der Waals surface area (Å²) in [5.41, 5.74) is 2.25. The van der Waals surface area contributed by atoms with Crippen LogP contribution in [0.2, 0.25) is 0 Å². The molecule has 25 heavy (non-hydrogen) atoms. The predicted molar refractivity (Wildman–Crippen MR) is 105 cm³/mol. The first-order valence-corrected chi connectivity index (χ1v) is 10.5. The van der Waals surface area contributed by atoms with Crippen LogP contribution in [0.3, 0.4) is 0 Å². The zero-order valence-electron chi connectivity index (χ0n) is 14.1. The summed E-state index contributed by atoms with van der Waals surface area (Å²) in [6.45, 7) is 0. The first-order valence-electron chi connectivity index (χ1n) is 8.91. The van der Waals surface area contributed by atoms with Gasteiger partial charge in [0.25, 0.3) is 0 Å². The zero-order chi connectivity index (χ0) is 17.1. The molecule has 0 spiro atoms. The second kappa shape index (κ2) is 7.62. The molecular weight excluding hydrogens is 350 g/mol. The van der Waals surface area contributed by atoms with Crippen molar-refractivity contribution in [3.8, 4) is 0 Å². The van der Waals surface area contributed by atoms with Gasteiger partial charge in [-0.3, -0.25) is 4.79 Å². The van der Waals surface area contributed by atoms with Crippen molar-refractivity contribution in [3.05, 3.63) is 39.8 Å². The van der Waals surface area contributed by atoms with Gasteiger partial charge in [0.1, 0.15) is 0 Å². The minimum atomic E-state index is 0.0602. The van der Waals surface area contributed by atoms with Crippen LogP contribution >= 0.6 is 22.7 Å². The molecule has 4 rings (SSSR count). The maximum absolute atomic E-state index is 12.2. The quantitative estimate of drug-likeness (QED) is 0.643. The molecule has 0 saturated heterocycles. The third-order valence-electron chi connectivity index (χ3n) is 4.47. The first-order chi connectivity index (χ1) is 12.3. The van der Waals surface area contributed by atoms with Crippen molar-refractivity contribution in [2.75, 3.05) is 5.32 Å². The zero-order valence-corrected chi connectivity index (χ0v) is 15.7. The van der Waals surface area contributed by atoms with Crippen molar-refractivity contribution in [3.63, 3.8) is 0 Å². The fraction of sp³-hybridized carbons (Fsp3) is 0.421. The Morgan fingerprint density at radius 3 is 2.88 bits per heavy atom. The van der Waals surface area contributed by atoms with E-state index >= 15 is 0 Å². The third kappa shape index (κ3) is 4.07. The number of para-hydroxylation sites is 1. The van der Waals surface area contributed by atoms with Gasteiger partial charge in [0.15, 0.2) is 5.13 Å². The van der Waals surface area contributed by atoms with Gasteiger partial charge in [-0.1, -0.05) is 18.6 Å². The van der Waals surface area contributed by atoms with Gasteiger partial charge in [0, 0.05) is 11.3 Å². The van der Waals surface area contributed by atoms with Crippen LogP contribution in [0.25, 0.3) is 10.2 Å². The van der Waals surface area contributed by atoms with Crippen molar-refractivity contribution in [2.45, 2.75) is 51.4 Å². The summed E-state index contributed by atoms with van der Waals surface area (Å²) in [6, 6.07) is 8.17. The molecule has 0 atom stereocenters. The topological polar surface area (TPSA) is 54.9 Å². The predicted octanol–water partition coefficient (Wildman–Crippen LogP) is 4.98. The number of aromatic nitrogens is 2. The van der Waals surface area contributed by atoms with E-state index in [0.717, 1.165) is 41.3 Å². The first kappa shape index (κ1) is 16.7. The Balaban J connectivity index is 1.29. The number of carbonyl (C=O) groups excluding carboxylic acids is 1. The van der Waals surface area contributed by atoms with Gasteiger partial charge in [0.2, 0.25) is 5.91 Å². The molecule has 1 aliphatic carbocycles. The maximum Gasteiger partial charge on any atom is 0.226 e. The Morgan fingerprint density at radius 1 is 1.08 bits per heavy atom. The Bertz CT molecular complexity index is 827. The van der Waals surface area contributed by atoms with Gasteiger partial charge < -0.3 is 5.32 Å². The lowest BCUT2D eigenvalue weighted by Gasteiger charge is -2.01. The molecule has 2 aromatic heterocycles. The molecule has 0 radical (unpaired) electrons. The summed E-state index contributed by atoms with van der Waals surface area (Å²) in [6.07, 6.45) is 8.09. The highest BCUT2D eigenvalue weighted by Crippen LogP contribution is 2.29. The minimum Gasteiger partial charge on any atom is -0.302 e. The van der Waals surface area contributed by atoms with Crippen molar-refractivity contribution >= 4 is 43.9 Å². The molecule has 1 amide bonds. The molecule has 1 aliphatic rings. The summed E-state index contributed by atoms with van der Waals surface area (Å²) in [5, 5.41) is 4.87. The summed E-state index contributed by atoms with van der Waals surface area (Å²) in [4.78, 5) is 22.8. The standard InChI is InChI=1S/C19H21N3OS2/c23-17(22-19-21-14-7-2-1-3-9-16(14)25-19)11-6-12-18-20-13-8-4-5-10-15(13)24-18/h4-5,8,10H,1-3,6-7,9,11-12H2,(H,21,22,23). The maximum atomic E-state index is 12.2. The van der Waals surface area contributed by atoms with Crippen LogP contribution in [0.4, 0.5) is 5.13 Å². The van der Waals surface area contributed by atoms with Crippen molar-refractivity contribution < 1.29 is 4.79 Å². The Labute approximate surface area is 155 Å². The van der Waals surface area contributed by atoms with E-state index in [0.29, 0.717) is 6.42 Å². The molecule has 0 aliphatic heterocycles. The normalized spacial score (nSPS) is 14.2. The minimum absolute atomic E-state index is 0.0602. The monoisotopic (exact) mass is 371 g/mol. The average molecular weight is 372 g/mol. The van der Waals surface area contributed by atoms with E-state index < -0.39 is 0 Å². The number of nitrogens with one attached hydrogen (secondary N) is 1. The SMILES string of the molecule is O=C(CCCc1nc2ccccc2s1)Nc1nc2c(s1)CCCCC2. The number of benzene rings is 1. The largest absolute Gasteiger partial charge is 0.302 e. The van der Waals surface area contributed by atoms with Gasteiger partial charge >= 0.3 is 0 Å². The lowest BCUT2D eigenvalue weighted by molar-refractivity contribution is -0.116. The highest BCUT2D eigenvalue weighted by atomic mass is 32.1. The summed E-state index contributed by atoms with van der Waals surface area (Å²) in [5.74, 6) is 0.0602. The molecular formula is C19H21N3OS2. The summed E-state index contributed by atoms with van der Waals surface area (Å²) < 4.78 is 1.21. The fourth-order valence-corrected chi connectivity index (χ4v) is 5.27. The highest BCUT2D eigenvalue weighted by Gasteiger charge is 2.15. The molecule has 4 nitrogen and oxygen atoms in total. The number of rotatable bonds is 5. The Hall–Kier alpha value is -1.79. The molecule has 0 unspecified atom stereocenters. The molecule has 6 heteroatoms. The van der Waals surface area contributed by atoms with Crippen LogP contribution in [0.1, 0.15) is 47.7 Å². The molecule has 1 aromatic carbocycles. The number of fused-ring (bicyclic) bond motifs is 2. The fourth-order valence-electron chi connectivity index (χ4n) is 3.19. The molecule has 0 bridgehead atoms. The van der Waals surface area contributed by atoms with Gasteiger partial charge in [-0.2, -0.15) is 0 Å². The number of hydrogen-bond donors (Lipinski definition) is 1. The number of hydrogen-bond acceptors (Lipinski definition) is 5. The van der Waals surface area contributed by atoms with Crippen LogP contribution in [0.15, 0.2) is 24.3 Å². The third-order valence-corrected chi connectivity index (χ3v) is 6.64. The average Bonchev–Trinajstić information content (AvgIpc) is 3.12. The molecule has 0 saturated carbocycles. The molecule has 3 aromatic rings. The van der Waals surface area contributed by atoms with Gasteiger partial charge in [0.05, 0.1) is 20.9 Å². The lowest BCUT2D eigenvalue weighted by atomic mass is 10.2. The van der Waals surface area contributed by atoms with E-state index in [1.807, 2.05) is 18.2 Å². The van der Waals surface area contributed by atoms with E-state index in [1.54, 1.807) is 22.7 Å². The van der Waals surface area contributed by atoms with Gasteiger partial charge in [-0.15, -0.1) is 22.7 Å². The number of anilines is 1. The number of amides is 1. The van der Waals surface area contributed by atoms with E-state index in [2.05, 4.69) is 21.4 Å². The Morgan fingerprint density at radius 2 is 1.96 bits per heavy atom. The lowest BCUT2D eigenvalue weighted by Crippen LogP contribution is -2.11. The number of nitrogens with zero attached hydrogens (tertiary/aromatic N) is 2. The summed E-state index contributed by atoms with van der Waals surface area (Å²) >= 11 is 3.38. The van der Waals surface area contributed by atoms with Crippen LogP contribution in [0.5, 0.6) is 0 Å². The van der Waals surface area contributed by atoms with Crippen LogP contribution in [0, 0.1) is 0 Å². The van der Waals surface area contributed by atoms with Gasteiger partial charge in [-0.25, -0.2) is 9.97 Å². The summed E-state index contributed by atoms with van der Waals surface area (Å²) in [7, 11) is 0. The second-order valence-electron chi connectivity index (χ2n) is 6.43. The van der Waals surface area contributed by atoms with E-state index in [9.17, 15) is 4.79 Å². The van der Waals surface area contributed by atoms with Gasteiger partial charge in [-0.05, 0) is 50.7 Å². The smallest absolute Gasteiger partial charge is 0.226 e. The number of aryl methyl sites for hydroxylation is 3. The Kier molecular flexibility index (Phi) is 5.08. The molecule has 0 fully saturated rings. The van der Waals surface area contributed by atoms with Crippen molar-refractivity contribution in [1.29, 1.82) is 0 Å². The van der Waals surface area contributed by atoms with Crippen molar-refractivity contribution in [1.82, 2.24) is 9.97 Å². The van der Waals surface area contributed by atoms with E-state index in [4.69, 9.17) is 0 Å². The second-order valence-corrected chi connectivity index (χ2v) is 8.63.